The fourth-order valence-electron chi connectivity index (χ4n) is 2.84. The first-order valence-electron chi connectivity index (χ1n) is 6.84. The average molecular weight is 269 g/mol. The predicted molar refractivity (Wildman–Crippen MR) is 71.1 cm³/mol. The molecule has 4 heteroatoms. The topological polar surface area (TPSA) is 21.3 Å². The van der Waals surface area contributed by atoms with Crippen LogP contribution in [0.3, 0.4) is 0 Å². The summed E-state index contributed by atoms with van der Waals surface area (Å²) in [6.07, 6.45) is 3.52. The molecule has 1 atom stereocenters. The lowest BCUT2D eigenvalue weighted by molar-refractivity contribution is -0.0979. The van der Waals surface area contributed by atoms with Gasteiger partial charge in [-0.05, 0) is 43.9 Å². The molecule has 0 amide bonds. The van der Waals surface area contributed by atoms with Gasteiger partial charge in [-0.3, -0.25) is 0 Å². The number of ether oxygens (including phenoxy) is 1. The third kappa shape index (κ3) is 2.79. The van der Waals surface area contributed by atoms with Gasteiger partial charge in [0.25, 0.3) is 0 Å². The van der Waals surface area contributed by atoms with Gasteiger partial charge in [0.2, 0.25) is 0 Å². The van der Waals surface area contributed by atoms with Crippen molar-refractivity contribution < 1.29 is 13.5 Å². The van der Waals surface area contributed by atoms with E-state index in [1.807, 2.05) is 6.92 Å². The molecule has 19 heavy (non-hydrogen) atoms. The number of benzene rings is 1. The maximum absolute atomic E-state index is 13.8. The van der Waals surface area contributed by atoms with Crippen molar-refractivity contribution in [3.63, 3.8) is 0 Å². The Morgan fingerprint density at radius 3 is 2.63 bits per heavy atom. The molecule has 1 aliphatic carbocycles. The molecule has 0 heterocycles. The number of likely N-dealkylation sites (N-methyl/N-ethyl adjacent to an activating group) is 1. The predicted octanol–water partition coefficient (Wildman–Crippen LogP) is 3.05. The van der Waals surface area contributed by atoms with E-state index in [2.05, 4.69) is 5.32 Å². The van der Waals surface area contributed by atoms with Crippen molar-refractivity contribution in [2.75, 3.05) is 13.7 Å². The first-order valence-corrected chi connectivity index (χ1v) is 6.84. The van der Waals surface area contributed by atoms with E-state index < -0.39 is 11.6 Å². The largest absolute Gasteiger partial charge is 0.377 e. The van der Waals surface area contributed by atoms with E-state index >= 15 is 0 Å². The van der Waals surface area contributed by atoms with Crippen LogP contribution in [0.25, 0.3) is 0 Å². The molecule has 0 spiro atoms. The Balaban J connectivity index is 2.19. The highest BCUT2D eigenvalue weighted by Gasteiger charge is 2.44. The molecule has 0 aliphatic heterocycles. The summed E-state index contributed by atoms with van der Waals surface area (Å²) < 4.78 is 32.7. The SMILES string of the molecule is CCNC(Cc1cccc(F)c1F)C1(OC)CCC1. The molecule has 1 N–H and O–H groups in total. The van der Waals surface area contributed by atoms with E-state index in [9.17, 15) is 8.78 Å². The number of rotatable bonds is 6. The Bertz CT molecular complexity index is 427. The van der Waals surface area contributed by atoms with Crippen molar-refractivity contribution in [3.8, 4) is 0 Å². The van der Waals surface area contributed by atoms with E-state index in [4.69, 9.17) is 4.74 Å². The normalized spacial score (nSPS) is 18.9. The zero-order chi connectivity index (χ0) is 13.9. The number of methoxy groups -OCH3 is 1. The summed E-state index contributed by atoms with van der Waals surface area (Å²) in [6, 6.07) is 4.37. The Morgan fingerprint density at radius 2 is 2.11 bits per heavy atom. The van der Waals surface area contributed by atoms with E-state index in [-0.39, 0.29) is 11.6 Å². The second kappa shape index (κ2) is 5.97. The molecule has 2 rings (SSSR count). The van der Waals surface area contributed by atoms with Crippen molar-refractivity contribution in [2.45, 2.75) is 44.2 Å². The minimum atomic E-state index is -0.784. The Hall–Kier alpha value is -1.00. The summed E-state index contributed by atoms with van der Waals surface area (Å²) in [5.41, 5.74) is 0.184. The first-order chi connectivity index (χ1) is 9.13. The maximum atomic E-state index is 13.8. The molecular formula is C15H21F2NO. The lowest BCUT2D eigenvalue weighted by Gasteiger charge is -2.47. The van der Waals surface area contributed by atoms with Crippen LogP contribution in [-0.2, 0) is 11.2 Å². The van der Waals surface area contributed by atoms with Crippen LogP contribution < -0.4 is 5.32 Å². The maximum Gasteiger partial charge on any atom is 0.162 e. The van der Waals surface area contributed by atoms with E-state index in [1.54, 1.807) is 19.2 Å². The third-order valence-electron chi connectivity index (χ3n) is 4.15. The highest BCUT2D eigenvalue weighted by Crippen LogP contribution is 2.39. The van der Waals surface area contributed by atoms with Crippen LogP contribution in [0, 0.1) is 11.6 Å². The van der Waals surface area contributed by atoms with Crippen molar-refractivity contribution in [2.24, 2.45) is 0 Å². The van der Waals surface area contributed by atoms with Gasteiger partial charge in [0.1, 0.15) is 0 Å². The van der Waals surface area contributed by atoms with Crippen LogP contribution in [0.4, 0.5) is 8.78 Å². The summed E-state index contributed by atoms with van der Waals surface area (Å²) >= 11 is 0. The van der Waals surface area contributed by atoms with E-state index in [1.165, 1.54) is 0 Å². The molecule has 1 aliphatic rings. The molecule has 0 bridgehead atoms. The van der Waals surface area contributed by atoms with Crippen LogP contribution in [0.2, 0.25) is 0 Å². The number of nitrogens with one attached hydrogen (secondary N) is 1. The quantitative estimate of drug-likeness (QED) is 0.857. The van der Waals surface area contributed by atoms with Crippen LogP contribution in [0.15, 0.2) is 18.2 Å². The molecule has 0 aromatic heterocycles. The van der Waals surface area contributed by atoms with Gasteiger partial charge < -0.3 is 10.1 Å². The van der Waals surface area contributed by atoms with Gasteiger partial charge in [0, 0.05) is 13.2 Å². The first kappa shape index (κ1) is 14.4. The van der Waals surface area contributed by atoms with Gasteiger partial charge in [-0.2, -0.15) is 0 Å². The van der Waals surface area contributed by atoms with Crippen LogP contribution in [0.1, 0.15) is 31.7 Å². The number of hydrogen-bond acceptors (Lipinski definition) is 2. The van der Waals surface area contributed by atoms with Gasteiger partial charge in [0.15, 0.2) is 11.6 Å². The van der Waals surface area contributed by atoms with E-state index in [0.717, 1.165) is 31.9 Å². The fourth-order valence-corrected chi connectivity index (χ4v) is 2.84. The molecule has 0 radical (unpaired) electrons. The summed E-state index contributed by atoms with van der Waals surface area (Å²) in [4.78, 5) is 0. The van der Waals surface area contributed by atoms with Crippen LogP contribution in [0.5, 0.6) is 0 Å². The Kier molecular flexibility index (Phi) is 4.53. The summed E-state index contributed by atoms with van der Waals surface area (Å²) in [5, 5.41) is 3.36. The summed E-state index contributed by atoms with van der Waals surface area (Å²) in [7, 11) is 1.70. The Morgan fingerprint density at radius 1 is 1.37 bits per heavy atom. The molecule has 2 nitrogen and oxygen atoms in total. The molecular weight excluding hydrogens is 248 g/mol. The molecule has 1 unspecified atom stereocenters. The smallest absolute Gasteiger partial charge is 0.162 e. The number of halogens is 2. The third-order valence-corrected chi connectivity index (χ3v) is 4.15. The van der Waals surface area contributed by atoms with Crippen molar-refractivity contribution >= 4 is 0 Å². The molecule has 1 aromatic carbocycles. The van der Waals surface area contributed by atoms with Crippen LogP contribution >= 0.6 is 0 Å². The summed E-state index contributed by atoms with van der Waals surface area (Å²) in [6.45, 7) is 2.80. The lowest BCUT2D eigenvalue weighted by Crippen LogP contribution is -2.57. The molecule has 1 fully saturated rings. The highest BCUT2D eigenvalue weighted by molar-refractivity contribution is 5.21. The lowest BCUT2D eigenvalue weighted by atomic mass is 9.72. The monoisotopic (exact) mass is 269 g/mol. The average Bonchev–Trinajstić information content (AvgIpc) is 2.34. The molecule has 1 aromatic rings. The second-order valence-electron chi connectivity index (χ2n) is 5.15. The zero-order valence-electron chi connectivity index (χ0n) is 11.5. The van der Waals surface area contributed by atoms with Crippen molar-refractivity contribution in [1.82, 2.24) is 5.32 Å². The highest BCUT2D eigenvalue weighted by atomic mass is 19.2. The zero-order valence-corrected chi connectivity index (χ0v) is 11.5. The second-order valence-corrected chi connectivity index (χ2v) is 5.15. The van der Waals surface area contributed by atoms with Gasteiger partial charge in [-0.1, -0.05) is 19.1 Å². The van der Waals surface area contributed by atoms with Crippen LogP contribution in [-0.4, -0.2) is 25.3 Å². The van der Waals surface area contributed by atoms with Crippen molar-refractivity contribution in [1.29, 1.82) is 0 Å². The van der Waals surface area contributed by atoms with Gasteiger partial charge in [-0.15, -0.1) is 0 Å². The van der Waals surface area contributed by atoms with Crippen molar-refractivity contribution in [3.05, 3.63) is 35.4 Å². The standard InChI is InChI=1S/C15H21F2NO/c1-3-18-13(15(19-2)8-5-9-15)10-11-6-4-7-12(16)14(11)17/h4,6-7,13,18H,3,5,8-10H2,1-2H3. The number of hydrogen-bond donors (Lipinski definition) is 1. The van der Waals surface area contributed by atoms with Gasteiger partial charge in [-0.25, -0.2) is 8.78 Å². The molecule has 1 saturated carbocycles. The minimum absolute atomic E-state index is 0.0209. The fraction of sp³-hybridized carbons (Fsp3) is 0.600. The van der Waals surface area contributed by atoms with Gasteiger partial charge in [0.05, 0.1) is 5.60 Å². The molecule has 106 valence electrons. The minimum Gasteiger partial charge on any atom is -0.377 e. The van der Waals surface area contributed by atoms with Gasteiger partial charge >= 0.3 is 0 Å². The van der Waals surface area contributed by atoms with E-state index in [0.29, 0.717) is 12.0 Å². The summed E-state index contributed by atoms with van der Waals surface area (Å²) in [5.74, 6) is -1.52. The Labute approximate surface area is 113 Å². The molecule has 0 saturated heterocycles.